The highest BCUT2D eigenvalue weighted by Gasteiger charge is 2.29. The lowest BCUT2D eigenvalue weighted by molar-refractivity contribution is -0.138. The average molecular weight is 384 g/mol. The van der Waals surface area contributed by atoms with Crippen LogP contribution in [0.4, 0.5) is 0 Å². The number of hydrogen-bond acceptors (Lipinski definition) is 3. The first kappa shape index (κ1) is 18.0. The molecule has 0 aliphatic carbocycles. The molecular weight excluding hydrogens is 365 g/mol. The second kappa shape index (κ2) is 7.23. The van der Waals surface area contributed by atoms with Gasteiger partial charge in [0, 0.05) is 36.5 Å². The molecular formula is C17H19Cl2N3O3. The smallest absolute Gasteiger partial charge is 0.303 e. The summed E-state index contributed by atoms with van der Waals surface area (Å²) < 4.78 is 1.76. The van der Waals surface area contributed by atoms with Gasteiger partial charge in [0.2, 0.25) is 0 Å². The van der Waals surface area contributed by atoms with Crippen LogP contribution in [-0.2, 0) is 11.8 Å². The van der Waals surface area contributed by atoms with Gasteiger partial charge in [0.15, 0.2) is 0 Å². The van der Waals surface area contributed by atoms with Crippen LogP contribution >= 0.6 is 23.2 Å². The van der Waals surface area contributed by atoms with Crippen molar-refractivity contribution in [3.63, 3.8) is 0 Å². The number of hydrogen-bond donors (Lipinski definition) is 3. The SMILES string of the molecule is Cn1c(C(=O)NC2CCNCC2CC(=O)O)cc2c(Cl)c(Cl)ccc21. The maximum atomic E-state index is 12.8. The third-order valence-corrected chi connectivity index (χ3v) is 5.53. The molecule has 1 aliphatic heterocycles. The molecule has 3 rings (SSSR count). The van der Waals surface area contributed by atoms with Crippen LogP contribution in [0.15, 0.2) is 18.2 Å². The Balaban J connectivity index is 1.85. The molecule has 8 heteroatoms. The summed E-state index contributed by atoms with van der Waals surface area (Å²) >= 11 is 12.3. The number of carbonyl (C=O) groups excluding carboxylic acids is 1. The van der Waals surface area contributed by atoms with E-state index in [1.807, 2.05) is 6.07 Å². The fraction of sp³-hybridized carbons (Fsp3) is 0.412. The number of aromatic nitrogens is 1. The molecule has 134 valence electrons. The number of fused-ring (bicyclic) bond motifs is 1. The van der Waals surface area contributed by atoms with Crippen LogP contribution in [0.1, 0.15) is 23.3 Å². The molecule has 1 fully saturated rings. The fourth-order valence-corrected chi connectivity index (χ4v) is 3.74. The van der Waals surface area contributed by atoms with Crippen molar-refractivity contribution < 1.29 is 14.7 Å². The summed E-state index contributed by atoms with van der Waals surface area (Å²) in [5, 5.41) is 16.8. The zero-order valence-electron chi connectivity index (χ0n) is 13.7. The molecule has 6 nitrogen and oxygen atoms in total. The molecule has 2 unspecified atom stereocenters. The Morgan fingerprint density at radius 1 is 1.40 bits per heavy atom. The van der Waals surface area contributed by atoms with Crippen molar-refractivity contribution in [2.45, 2.75) is 18.9 Å². The van der Waals surface area contributed by atoms with Gasteiger partial charge in [0.05, 0.1) is 16.5 Å². The van der Waals surface area contributed by atoms with Gasteiger partial charge in [0.1, 0.15) is 5.69 Å². The maximum Gasteiger partial charge on any atom is 0.303 e. The minimum Gasteiger partial charge on any atom is -0.481 e. The molecule has 0 bridgehead atoms. The molecule has 1 saturated heterocycles. The summed E-state index contributed by atoms with van der Waals surface area (Å²) in [4.78, 5) is 23.8. The highest BCUT2D eigenvalue weighted by Crippen LogP contribution is 2.32. The Hall–Kier alpha value is -1.76. The minimum absolute atomic E-state index is 0.0223. The predicted octanol–water partition coefficient (Wildman–Crippen LogP) is 2.67. The quantitative estimate of drug-likeness (QED) is 0.757. The third-order valence-electron chi connectivity index (χ3n) is 4.71. The van der Waals surface area contributed by atoms with E-state index in [-0.39, 0.29) is 24.3 Å². The number of carbonyl (C=O) groups is 2. The van der Waals surface area contributed by atoms with E-state index in [0.717, 1.165) is 12.1 Å². The number of carboxylic acid groups (broad SMARTS) is 1. The second-order valence-corrected chi connectivity index (χ2v) is 7.10. The molecule has 2 aromatic rings. The largest absolute Gasteiger partial charge is 0.481 e. The molecule has 0 spiro atoms. The minimum atomic E-state index is -0.862. The van der Waals surface area contributed by atoms with Crippen molar-refractivity contribution in [2.75, 3.05) is 13.1 Å². The van der Waals surface area contributed by atoms with E-state index in [1.54, 1.807) is 23.7 Å². The van der Waals surface area contributed by atoms with Gasteiger partial charge in [-0.25, -0.2) is 0 Å². The first-order valence-corrected chi connectivity index (χ1v) is 8.81. The number of carboxylic acids is 1. The number of nitrogens with zero attached hydrogens (tertiary/aromatic N) is 1. The van der Waals surface area contributed by atoms with E-state index < -0.39 is 5.97 Å². The summed E-state index contributed by atoms with van der Waals surface area (Å²) in [7, 11) is 1.79. The normalized spacial score (nSPS) is 20.6. The monoisotopic (exact) mass is 383 g/mol. The Labute approximate surface area is 155 Å². The molecule has 3 N–H and O–H groups in total. The number of aryl methyl sites for hydroxylation is 1. The second-order valence-electron chi connectivity index (χ2n) is 6.31. The van der Waals surface area contributed by atoms with Gasteiger partial charge < -0.3 is 20.3 Å². The van der Waals surface area contributed by atoms with E-state index in [4.69, 9.17) is 28.3 Å². The van der Waals surface area contributed by atoms with Crippen molar-refractivity contribution in [3.05, 3.63) is 33.9 Å². The van der Waals surface area contributed by atoms with Crippen LogP contribution in [0, 0.1) is 5.92 Å². The molecule has 2 heterocycles. The lowest BCUT2D eigenvalue weighted by atomic mass is 9.90. The number of aliphatic carboxylic acids is 1. The Bertz CT molecular complexity index is 834. The van der Waals surface area contributed by atoms with Crippen LogP contribution < -0.4 is 10.6 Å². The van der Waals surface area contributed by atoms with E-state index in [1.165, 1.54) is 0 Å². The van der Waals surface area contributed by atoms with Gasteiger partial charge in [-0.1, -0.05) is 23.2 Å². The first-order chi connectivity index (χ1) is 11.9. The fourth-order valence-electron chi connectivity index (χ4n) is 3.36. The van der Waals surface area contributed by atoms with E-state index in [9.17, 15) is 9.59 Å². The van der Waals surface area contributed by atoms with Gasteiger partial charge in [-0.15, -0.1) is 0 Å². The molecule has 1 aliphatic rings. The van der Waals surface area contributed by atoms with E-state index in [2.05, 4.69) is 10.6 Å². The lowest BCUT2D eigenvalue weighted by Crippen LogP contribution is -2.50. The highest BCUT2D eigenvalue weighted by molar-refractivity contribution is 6.45. The van der Waals surface area contributed by atoms with E-state index in [0.29, 0.717) is 34.1 Å². The summed E-state index contributed by atoms with van der Waals surface area (Å²) in [5.41, 5.74) is 1.28. The Morgan fingerprint density at radius 3 is 2.88 bits per heavy atom. The molecule has 0 radical (unpaired) electrons. The van der Waals surface area contributed by atoms with Gasteiger partial charge in [0.25, 0.3) is 5.91 Å². The summed E-state index contributed by atoms with van der Waals surface area (Å²) in [6.45, 7) is 1.32. The van der Waals surface area contributed by atoms with Crippen LogP contribution in [0.3, 0.4) is 0 Å². The lowest BCUT2D eigenvalue weighted by Gasteiger charge is -2.31. The molecule has 2 atom stereocenters. The molecule has 1 aromatic carbocycles. The van der Waals surface area contributed by atoms with Crippen molar-refractivity contribution in [3.8, 4) is 0 Å². The molecule has 1 aromatic heterocycles. The average Bonchev–Trinajstić information content (AvgIpc) is 2.90. The zero-order valence-corrected chi connectivity index (χ0v) is 15.2. The number of amides is 1. The zero-order chi connectivity index (χ0) is 18.1. The van der Waals surface area contributed by atoms with Crippen molar-refractivity contribution in [1.82, 2.24) is 15.2 Å². The first-order valence-electron chi connectivity index (χ1n) is 8.05. The van der Waals surface area contributed by atoms with Gasteiger partial charge in [-0.05, 0) is 31.2 Å². The summed E-state index contributed by atoms with van der Waals surface area (Å²) in [6.07, 6.45) is 0.717. The molecule has 0 saturated carbocycles. The summed E-state index contributed by atoms with van der Waals surface area (Å²) in [6, 6.07) is 5.05. The van der Waals surface area contributed by atoms with Gasteiger partial charge >= 0.3 is 5.97 Å². The predicted molar refractivity (Wildman–Crippen MR) is 97.4 cm³/mol. The summed E-state index contributed by atoms with van der Waals surface area (Å²) in [5.74, 6) is -1.24. The van der Waals surface area contributed by atoms with E-state index >= 15 is 0 Å². The molecule has 25 heavy (non-hydrogen) atoms. The third kappa shape index (κ3) is 3.61. The standard InChI is InChI=1S/C17H19Cl2N3O3/c1-22-13-3-2-11(18)16(19)10(13)7-14(22)17(25)21-12-4-5-20-8-9(12)6-15(23)24/h2-3,7,9,12,20H,4-6,8H2,1H3,(H,21,25)(H,23,24). The van der Waals surface area contributed by atoms with Crippen LogP contribution in [0.5, 0.6) is 0 Å². The van der Waals surface area contributed by atoms with Crippen molar-refractivity contribution in [2.24, 2.45) is 13.0 Å². The van der Waals surface area contributed by atoms with Crippen LogP contribution in [0.2, 0.25) is 10.0 Å². The van der Waals surface area contributed by atoms with Crippen molar-refractivity contribution in [1.29, 1.82) is 0 Å². The number of nitrogens with one attached hydrogen (secondary N) is 2. The van der Waals surface area contributed by atoms with Gasteiger partial charge in [-0.3, -0.25) is 9.59 Å². The maximum absolute atomic E-state index is 12.8. The molecule has 1 amide bonds. The highest BCUT2D eigenvalue weighted by atomic mass is 35.5. The van der Waals surface area contributed by atoms with Crippen molar-refractivity contribution >= 4 is 46.0 Å². The van der Waals surface area contributed by atoms with Gasteiger partial charge in [-0.2, -0.15) is 0 Å². The van der Waals surface area contributed by atoms with Crippen LogP contribution in [-0.4, -0.2) is 40.7 Å². The number of piperidine rings is 1. The number of halogens is 2. The number of rotatable bonds is 4. The topological polar surface area (TPSA) is 83.4 Å². The van der Waals surface area contributed by atoms with Crippen LogP contribution in [0.25, 0.3) is 10.9 Å². The number of benzene rings is 1. The Morgan fingerprint density at radius 2 is 2.16 bits per heavy atom. The Kier molecular flexibility index (Phi) is 5.22.